The van der Waals surface area contributed by atoms with Gasteiger partial charge in [-0.2, -0.15) is 0 Å². The number of nitrogens with zero attached hydrogens (tertiary/aromatic N) is 1. The molecule has 1 aromatic heterocycles. The number of amides is 1. The molecule has 0 fully saturated rings. The highest BCUT2D eigenvalue weighted by molar-refractivity contribution is 5.97. The molecule has 0 bridgehead atoms. The van der Waals surface area contributed by atoms with Gasteiger partial charge in [0.05, 0.1) is 0 Å². The molecule has 2 N–H and O–H groups in total. The number of hydrogen-bond donors (Lipinski definition) is 2. The Morgan fingerprint density at radius 2 is 1.56 bits per heavy atom. The summed E-state index contributed by atoms with van der Waals surface area (Å²) in [5.41, 5.74) is 0.493. The zero-order valence-corrected chi connectivity index (χ0v) is 18.4. The quantitative estimate of drug-likeness (QED) is 0.750. The number of carbonyl (C=O) groups is 2. The van der Waals surface area contributed by atoms with E-state index in [-0.39, 0.29) is 6.54 Å². The maximum atomic E-state index is 12.6. The number of pyridine rings is 1. The van der Waals surface area contributed by atoms with E-state index in [0.717, 1.165) is 5.56 Å². The predicted molar refractivity (Wildman–Crippen MR) is 108 cm³/mol. The molecule has 27 heavy (non-hydrogen) atoms. The Bertz CT molecular complexity index is 644. The zero-order valence-electron chi connectivity index (χ0n) is 18.4. The first-order valence-electron chi connectivity index (χ1n) is 9.20. The van der Waals surface area contributed by atoms with Gasteiger partial charge in [0.2, 0.25) is 0 Å². The Labute approximate surface area is 163 Å². The van der Waals surface area contributed by atoms with Gasteiger partial charge in [-0.05, 0) is 59.6 Å². The molecule has 0 saturated carbocycles. The predicted octanol–water partition coefficient (Wildman–Crippen LogP) is 4.44. The number of carbonyl (C=O) groups excluding carboxylic acids is 2. The van der Waals surface area contributed by atoms with Crippen molar-refractivity contribution in [1.29, 1.82) is 0 Å². The summed E-state index contributed by atoms with van der Waals surface area (Å²) >= 11 is 0. The van der Waals surface area contributed by atoms with Gasteiger partial charge in [0.1, 0.15) is 22.6 Å². The summed E-state index contributed by atoms with van der Waals surface area (Å²) in [6.07, 6.45) is 1.09. The highest BCUT2D eigenvalue weighted by Gasteiger charge is 2.26. The van der Waals surface area contributed by atoms with Crippen LogP contribution >= 0.6 is 0 Å². The minimum absolute atomic E-state index is 0.131. The van der Waals surface area contributed by atoms with Gasteiger partial charge in [-0.1, -0.05) is 13.8 Å². The van der Waals surface area contributed by atoms with Crippen LogP contribution in [0.3, 0.4) is 0 Å². The van der Waals surface area contributed by atoms with Crippen molar-refractivity contribution in [1.82, 2.24) is 10.3 Å². The third-order valence-corrected chi connectivity index (χ3v) is 3.05. The molecule has 7 nitrogen and oxygen atoms in total. The summed E-state index contributed by atoms with van der Waals surface area (Å²) in [4.78, 5) is 28.8. The van der Waals surface area contributed by atoms with Crippen molar-refractivity contribution in [3.63, 3.8) is 0 Å². The number of rotatable bonds is 4. The highest BCUT2D eigenvalue weighted by Crippen LogP contribution is 2.24. The fraction of sp³-hybridized carbons (Fsp3) is 0.650. The second-order valence-corrected chi connectivity index (χ2v) is 7.75. The van der Waals surface area contributed by atoms with Gasteiger partial charge in [0, 0.05) is 19.8 Å². The Morgan fingerprint density at radius 1 is 1.04 bits per heavy atom. The lowest BCUT2D eigenvalue weighted by atomic mass is 10.0. The minimum atomic E-state index is -0.637. The molecule has 0 atom stereocenters. The Balaban J connectivity index is 0.00000326. The number of esters is 1. The van der Waals surface area contributed by atoms with Crippen molar-refractivity contribution in [3.05, 3.63) is 22.9 Å². The zero-order chi connectivity index (χ0) is 21.4. The standard InChI is InChI=1S/C18H29N3O4.C2H6/c1-11-9-20-14(19-8)13(15(22)24-17(2,3)4)12(11)10-21-16(23)25-18(5,6)7;1-2/h9H,10H2,1-8H3,(H,19,20)(H,21,23);1-2H3. The number of nitrogens with one attached hydrogen (secondary N) is 2. The van der Waals surface area contributed by atoms with Gasteiger partial charge in [0.25, 0.3) is 0 Å². The number of ether oxygens (including phenoxy) is 2. The molecule has 0 spiro atoms. The van der Waals surface area contributed by atoms with Gasteiger partial charge >= 0.3 is 12.1 Å². The van der Waals surface area contributed by atoms with Crippen LogP contribution in [0.25, 0.3) is 0 Å². The summed E-state index contributed by atoms with van der Waals surface area (Å²) in [6, 6.07) is 0. The van der Waals surface area contributed by atoms with Gasteiger partial charge in [-0.3, -0.25) is 0 Å². The first-order chi connectivity index (χ1) is 12.3. The summed E-state index contributed by atoms with van der Waals surface area (Å²) in [7, 11) is 1.68. The second kappa shape index (κ2) is 10.1. The molecule has 0 aliphatic carbocycles. The lowest BCUT2D eigenvalue weighted by Crippen LogP contribution is -2.33. The van der Waals surface area contributed by atoms with Crippen molar-refractivity contribution in [2.45, 2.75) is 80.1 Å². The van der Waals surface area contributed by atoms with Gasteiger partial charge in [-0.15, -0.1) is 0 Å². The maximum absolute atomic E-state index is 12.6. The summed E-state index contributed by atoms with van der Waals surface area (Å²) < 4.78 is 10.7. The van der Waals surface area contributed by atoms with Gasteiger partial charge in [-0.25, -0.2) is 14.6 Å². The largest absolute Gasteiger partial charge is 0.456 e. The molecule has 0 unspecified atom stereocenters. The van der Waals surface area contributed by atoms with E-state index in [1.807, 2.05) is 20.8 Å². The first-order valence-corrected chi connectivity index (χ1v) is 9.20. The highest BCUT2D eigenvalue weighted by atomic mass is 16.6. The minimum Gasteiger partial charge on any atom is -0.456 e. The molecule has 154 valence electrons. The topological polar surface area (TPSA) is 89.5 Å². The van der Waals surface area contributed by atoms with Crippen molar-refractivity contribution in [3.8, 4) is 0 Å². The number of alkyl carbamates (subject to hydrolysis) is 1. The van der Waals surface area contributed by atoms with Crippen LogP contribution < -0.4 is 10.6 Å². The van der Waals surface area contributed by atoms with E-state index in [0.29, 0.717) is 16.9 Å². The first kappa shape index (κ1) is 24.7. The molecule has 1 aromatic rings. The average molecular weight is 382 g/mol. The van der Waals surface area contributed by atoms with Crippen LogP contribution in [0.5, 0.6) is 0 Å². The SMILES string of the molecule is CC.CNc1ncc(C)c(CNC(=O)OC(C)(C)C)c1C(=O)OC(C)(C)C. The van der Waals surface area contributed by atoms with Crippen LogP contribution in [-0.4, -0.2) is 35.3 Å². The molecular formula is C20H35N3O4. The summed E-state index contributed by atoms with van der Waals surface area (Å²) in [5.74, 6) is -0.0881. The number of aryl methyl sites for hydroxylation is 1. The lowest BCUT2D eigenvalue weighted by Gasteiger charge is -2.23. The average Bonchev–Trinajstić information content (AvgIpc) is 2.52. The van der Waals surface area contributed by atoms with Crippen LogP contribution in [0, 0.1) is 6.92 Å². The second-order valence-electron chi connectivity index (χ2n) is 7.75. The summed E-state index contributed by atoms with van der Waals surface area (Å²) in [5, 5.41) is 5.58. The monoisotopic (exact) mass is 381 g/mol. The lowest BCUT2D eigenvalue weighted by molar-refractivity contribution is 0.00678. The van der Waals surface area contributed by atoms with Crippen molar-refractivity contribution in [2.75, 3.05) is 12.4 Å². The summed E-state index contributed by atoms with van der Waals surface area (Å²) in [6.45, 7) is 16.7. The number of aromatic nitrogens is 1. The molecule has 0 aliphatic rings. The van der Waals surface area contributed by atoms with Gasteiger partial charge < -0.3 is 20.1 Å². The third kappa shape index (κ3) is 8.75. The fourth-order valence-electron chi connectivity index (χ4n) is 2.09. The number of hydrogen-bond acceptors (Lipinski definition) is 6. The van der Waals surface area contributed by atoms with E-state index in [1.165, 1.54) is 0 Å². The smallest absolute Gasteiger partial charge is 0.407 e. The van der Waals surface area contributed by atoms with Crippen molar-refractivity contribution < 1.29 is 19.1 Å². The van der Waals surface area contributed by atoms with Crippen molar-refractivity contribution in [2.24, 2.45) is 0 Å². The van der Waals surface area contributed by atoms with E-state index in [1.54, 1.807) is 54.8 Å². The van der Waals surface area contributed by atoms with Gasteiger partial charge in [0.15, 0.2) is 0 Å². The molecule has 0 aliphatic heterocycles. The molecule has 1 heterocycles. The fourth-order valence-corrected chi connectivity index (χ4v) is 2.09. The molecule has 0 saturated heterocycles. The number of anilines is 1. The third-order valence-electron chi connectivity index (χ3n) is 3.05. The Morgan fingerprint density at radius 3 is 2.00 bits per heavy atom. The molecule has 1 amide bonds. The van der Waals surface area contributed by atoms with E-state index in [2.05, 4.69) is 15.6 Å². The Kier molecular flexibility index (Phi) is 9.27. The Hall–Kier alpha value is -2.31. The van der Waals surface area contributed by atoms with E-state index in [9.17, 15) is 9.59 Å². The molecule has 7 heteroatoms. The normalized spacial score (nSPS) is 11.0. The molecule has 0 radical (unpaired) electrons. The van der Waals surface area contributed by atoms with E-state index >= 15 is 0 Å². The van der Waals surface area contributed by atoms with E-state index in [4.69, 9.17) is 9.47 Å². The molecule has 1 rings (SSSR count). The molecule has 0 aromatic carbocycles. The van der Waals surface area contributed by atoms with Crippen LogP contribution in [0.2, 0.25) is 0 Å². The van der Waals surface area contributed by atoms with Crippen molar-refractivity contribution >= 4 is 17.9 Å². The van der Waals surface area contributed by atoms with Crippen LogP contribution in [0.4, 0.5) is 10.6 Å². The maximum Gasteiger partial charge on any atom is 0.407 e. The van der Waals surface area contributed by atoms with Crippen LogP contribution in [-0.2, 0) is 16.0 Å². The molecular weight excluding hydrogens is 346 g/mol. The van der Waals surface area contributed by atoms with E-state index < -0.39 is 23.3 Å². The van der Waals surface area contributed by atoms with Crippen LogP contribution in [0.1, 0.15) is 76.9 Å². The van der Waals surface area contributed by atoms with Crippen LogP contribution in [0.15, 0.2) is 6.20 Å².